The van der Waals surface area contributed by atoms with Crippen LogP contribution in [0.4, 0.5) is 0 Å². The Morgan fingerprint density at radius 2 is 1.71 bits per heavy atom. The fourth-order valence-electron chi connectivity index (χ4n) is 2.56. The molecule has 0 unspecified atom stereocenters. The van der Waals surface area contributed by atoms with Gasteiger partial charge in [0.15, 0.2) is 0 Å². The summed E-state index contributed by atoms with van der Waals surface area (Å²) in [6.07, 6.45) is 4.44. The standard InChI is InChI=1S/C13H27N3O/c1-4-16(5-2)13(17)10-15(3)12-8-6-11(14)7-9-12/h11-12H,4-10,14H2,1-3H3. The quantitative estimate of drug-likeness (QED) is 0.783. The molecule has 1 rings (SSSR count). The topological polar surface area (TPSA) is 49.6 Å². The molecule has 0 aromatic rings. The summed E-state index contributed by atoms with van der Waals surface area (Å²) < 4.78 is 0. The largest absolute Gasteiger partial charge is 0.342 e. The van der Waals surface area contributed by atoms with E-state index in [4.69, 9.17) is 5.73 Å². The fourth-order valence-corrected chi connectivity index (χ4v) is 2.56. The van der Waals surface area contributed by atoms with Gasteiger partial charge in [0.25, 0.3) is 0 Å². The summed E-state index contributed by atoms with van der Waals surface area (Å²) in [5, 5.41) is 0. The average Bonchev–Trinajstić information content (AvgIpc) is 2.31. The SMILES string of the molecule is CCN(CC)C(=O)CN(C)C1CCC(N)CC1. The lowest BCUT2D eigenvalue weighted by Crippen LogP contribution is -2.45. The molecule has 0 atom stereocenters. The molecule has 2 N–H and O–H groups in total. The van der Waals surface area contributed by atoms with E-state index in [1.165, 1.54) is 0 Å². The van der Waals surface area contributed by atoms with Crippen LogP contribution in [0.1, 0.15) is 39.5 Å². The molecule has 0 saturated heterocycles. The van der Waals surface area contributed by atoms with Crippen molar-refractivity contribution in [3.8, 4) is 0 Å². The molecule has 4 heteroatoms. The highest BCUT2D eigenvalue weighted by molar-refractivity contribution is 5.78. The van der Waals surface area contributed by atoms with E-state index in [0.717, 1.165) is 38.8 Å². The first-order valence-electron chi connectivity index (χ1n) is 6.82. The third-order valence-electron chi connectivity index (χ3n) is 3.87. The summed E-state index contributed by atoms with van der Waals surface area (Å²) in [5.41, 5.74) is 5.90. The van der Waals surface area contributed by atoms with Gasteiger partial charge in [-0.2, -0.15) is 0 Å². The normalized spacial score (nSPS) is 25.0. The Hall–Kier alpha value is -0.610. The first kappa shape index (κ1) is 14.5. The summed E-state index contributed by atoms with van der Waals surface area (Å²) >= 11 is 0. The zero-order valence-corrected chi connectivity index (χ0v) is 11.5. The molecular weight excluding hydrogens is 214 g/mol. The van der Waals surface area contributed by atoms with E-state index >= 15 is 0 Å². The van der Waals surface area contributed by atoms with Gasteiger partial charge in [0.05, 0.1) is 6.54 Å². The second-order valence-electron chi connectivity index (χ2n) is 5.05. The fraction of sp³-hybridized carbons (Fsp3) is 0.923. The molecule has 1 saturated carbocycles. The van der Waals surface area contributed by atoms with Gasteiger partial charge in [-0.15, -0.1) is 0 Å². The van der Waals surface area contributed by atoms with Crippen molar-refractivity contribution in [1.29, 1.82) is 0 Å². The second-order valence-corrected chi connectivity index (χ2v) is 5.05. The summed E-state index contributed by atoms with van der Waals surface area (Å²) in [7, 11) is 2.06. The second kappa shape index (κ2) is 6.97. The van der Waals surface area contributed by atoms with Crippen LogP contribution < -0.4 is 5.73 Å². The molecule has 1 amide bonds. The van der Waals surface area contributed by atoms with Gasteiger partial charge in [-0.1, -0.05) is 0 Å². The highest BCUT2D eigenvalue weighted by Gasteiger charge is 2.24. The molecule has 0 aromatic heterocycles. The molecule has 100 valence electrons. The first-order chi connectivity index (χ1) is 8.08. The Morgan fingerprint density at radius 3 is 2.18 bits per heavy atom. The molecule has 1 aliphatic rings. The first-order valence-corrected chi connectivity index (χ1v) is 6.82. The van der Waals surface area contributed by atoms with Crippen molar-refractivity contribution in [2.75, 3.05) is 26.7 Å². The van der Waals surface area contributed by atoms with E-state index in [2.05, 4.69) is 11.9 Å². The van der Waals surface area contributed by atoms with Crippen LogP contribution in [0.2, 0.25) is 0 Å². The molecule has 0 aromatic carbocycles. The molecule has 4 nitrogen and oxygen atoms in total. The van der Waals surface area contributed by atoms with Gasteiger partial charge >= 0.3 is 0 Å². The number of hydrogen-bond acceptors (Lipinski definition) is 3. The van der Waals surface area contributed by atoms with Gasteiger partial charge in [-0.05, 0) is 46.6 Å². The molecule has 17 heavy (non-hydrogen) atoms. The lowest BCUT2D eigenvalue weighted by Gasteiger charge is -2.34. The Morgan fingerprint density at radius 1 is 1.18 bits per heavy atom. The number of likely N-dealkylation sites (N-methyl/N-ethyl adjacent to an activating group) is 2. The van der Waals surface area contributed by atoms with Crippen molar-refractivity contribution in [2.45, 2.75) is 51.6 Å². The maximum Gasteiger partial charge on any atom is 0.236 e. The molecule has 0 radical (unpaired) electrons. The van der Waals surface area contributed by atoms with Gasteiger partial charge in [0.1, 0.15) is 0 Å². The highest BCUT2D eigenvalue weighted by Crippen LogP contribution is 2.20. The summed E-state index contributed by atoms with van der Waals surface area (Å²) in [4.78, 5) is 16.1. The van der Waals surface area contributed by atoms with E-state index < -0.39 is 0 Å². The Balaban J connectivity index is 2.37. The van der Waals surface area contributed by atoms with E-state index in [1.54, 1.807) is 0 Å². The van der Waals surface area contributed by atoms with Crippen LogP contribution in [0.15, 0.2) is 0 Å². The predicted molar refractivity (Wildman–Crippen MR) is 70.8 cm³/mol. The summed E-state index contributed by atoms with van der Waals surface area (Å²) in [6.45, 7) is 6.21. The van der Waals surface area contributed by atoms with E-state index in [-0.39, 0.29) is 5.91 Å². The van der Waals surface area contributed by atoms with Crippen LogP contribution in [0, 0.1) is 0 Å². The number of nitrogens with zero attached hydrogens (tertiary/aromatic N) is 2. The van der Waals surface area contributed by atoms with Gasteiger partial charge in [0.2, 0.25) is 5.91 Å². The molecule has 0 spiro atoms. The number of hydrogen-bond donors (Lipinski definition) is 1. The van der Waals surface area contributed by atoms with E-state index in [0.29, 0.717) is 18.6 Å². The summed E-state index contributed by atoms with van der Waals surface area (Å²) in [6, 6.07) is 0.910. The van der Waals surface area contributed by atoms with Crippen LogP contribution in [-0.4, -0.2) is 54.5 Å². The smallest absolute Gasteiger partial charge is 0.236 e. The minimum absolute atomic E-state index is 0.243. The zero-order chi connectivity index (χ0) is 12.8. The molecule has 1 fully saturated rings. The minimum atomic E-state index is 0.243. The van der Waals surface area contributed by atoms with Crippen molar-refractivity contribution < 1.29 is 4.79 Å². The number of carbonyl (C=O) groups excluding carboxylic acids is 1. The number of rotatable bonds is 5. The molecular formula is C13H27N3O. The molecule has 0 heterocycles. The van der Waals surface area contributed by atoms with Crippen molar-refractivity contribution >= 4 is 5.91 Å². The predicted octanol–water partition coefficient (Wildman–Crippen LogP) is 1.06. The highest BCUT2D eigenvalue weighted by atomic mass is 16.2. The van der Waals surface area contributed by atoms with Gasteiger partial charge in [-0.3, -0.25) is 9.69 Å². The van der Waals surface area contributed by atoms with Crippen LogP contribution in [0.3, 0.4) is 0 Å². The van der Waals surface area contributed by atoms with Gasteiger partial charge in [0, 0.05) is 25.2 Å². The lowest BCUT2D eigenvalue weighted by molar-refractivity contribution is -0.132. The number of amides is 1. The minimum Gasteiger partial charge on any atom is -0.342 e. The van der Waals surface area contributed by atoms with Gasteiger partial charge in [-0.25, -0.2) is 0 Å². The van der Waals surface area contributed by atoms with Crippen LogP contribution >= 0.6 is 0 Å². The van der Waals surface area contributed by atoms with Crippen LogP contribution in [0.5, 0.6) is 0 Å². The van der Waals surface area contributed by atoms with Crippen LogP contribution in [0.25, 0.3) is 0 Å². The Kier molecular flexibility index (Phi) is 5.92. The molecule has 0 aliphatic heterocycles. The monoisotopic (exact) mass is 241 g/mol. The lowest BCUT2D eigenvalue weighted by atomic mass is 9.91. The Bertz CT molecular complexity index is 233. The molecule has 0 bridgehead atoms. The van der Waals surface area contributed by atoms with E-state index in [1.807, 2.05) is 18.7 Å². The van der Waals surface area contributed by atoms with Crippen molar-refractivity contribution in [1.82, 2.24) is 9.80 Å². The van der Waals surface area contributed by atoms with Crippen LogP contribution in [-0.2, 0) is 4.79 Å². The third-order valence-corrected chi connectivity index (χ3v) is 3.87. The maximum absolute atomic E-state index is 12.0. The molecule has 1 aliphatic carbocycles. The number of nitrogens with two attached hydrogens (primary N) is 1. The average molecular weight is 241 g/mol. The maximum atomic E-state index is 12.0. The van der Waals surface area contributed by atoms with Gasteiger partial charge < -0.3 is 10.6 Å². The van der Waals surface area contributed by atoms with Crippen molar-refractivity contribution in [3.05, 3.63) is 0 Å². The Labute approximate surface area is 105 Å². The third kappa shape index (κ3) is 4.28. The number of carbonyl (C=O) groups is 1. The summed E-state index contributed by atoms with van der Waals surface area (Å²) in [5.74, 6) is 0.243. The zero-order valence-electron chi connectivity index (χ0n) is 11.5. The van der Waals surface area contributed by atoms with Crippen molar-refractivity contribution in [3.63, 3.8) is 0 Å². The van der Waals surface area contributed by atoms with Crippen molar-refractivity contribution in [2.24, 2.45) is 5.73 Å². The van der Waals surface area contributed by atoms with E-state index in [9.17, 15) is 4.79 Å².